The van der Waals surface area contributed by atoms with E-state index in [1.54, 1.807) is 4.90 Å². The number of hydrogen-bond acceptors (Lipinski definition) is 3. The monoisotopic (exact) mass is 478 g/mol. The number of rotatable bonds is 4. The number of amides is 2. The van der Waals surface area contributed by atoms with Gasteiger partial charge in [0.2, 0.25) is 5.91 Å². The minimum Gasteiger partial charge on any atom is -0.351 e. The predicted octanol–water partition coefficient (Wildman–Crippen LogP) is 5.05. The standard InChI is InChI=1S/C27H31ClN4O2/c1-17-7-6-9-21(18(17)2)30-26(34)27(3)16-31-23-10-5-4-8-22(23)29-24(31)25(33)32(27)15-19-11-13-20(28)14-12-19/h4-5,8,10-14,17-18,21H,6-7,9,15-16H2,1-3H3,(H,30,34). The van der Waals surface area contributed by atoms with Gasteiger partial charge < -0.3 is 14.8 Å². The molecule has 0 bridgehead atoms. The Labute approximate surface area is 205 Å². The van der Waals surface area contributed by atoms with Crippen molar-refractivity contribution in [2.75, 3.05) is 0 Å². The van der Waals surface area contributed by atoms with Crippen LogP contribution in [0, 0.1) is 11.8 Å². The van der Waals surface area contributed by atoms with Gasteiger partial charge in [0.1, 0.15) is 5.54 Å². The summed E-state index contributed by atoms with van der Waals surface area (Å²) in [5.41, 5.74) is 1.49. The zero-order chi connectivity index (χ0) is 24.0. The van der Waals surface area contributed by atoms with Crippen molar-refractivity contribution in [2.24, 2.45) is 11.8 Å². The number of fused-ring (bicyclic) bond motifs is 3. The van der Waals surface area contributed by atoms with Crippen molar-refractivity contribution < 1.29 is 9.59 Å². The summed E-state index contributed by atoms with van der Waals surface area (Å²) < 4.78 is 1.91. The molecule has 2 aromatic carbocycles. The van der Waals surface area contributed by atoms with Crippen molar-refractivity contribution in [1.29, 1.82) is 0 Å². The van der Waals surface area contributed by atoms with Crippen molar-refractivity contribution in [1.82, 2.24) is 19.8 Å². The molecule has 1 aliphatic carbocycles. The fourth-order valence-corrected chi connectivity index (χ4v) is 5.59. The van der Waals surface area contributed by atoms with Crippen LogP contribution in [0.25, 0.3) is 11.0 Å². The van der Waals surface area contributed by atoms with Crippen molar-refractivity contribution in [3.8, 4) is 0 Å². The second-order valence-electron chi connectivity index (χ2n) is 10.1. The SMILES string of the molecule is CC1CCCC(NC(=O)C2(C)Cn3c(nc4ccccc43)C(=O)N2Cc2ccc(Cl)cc2)C1C. The third-order valence-corrected chi connectivity index (χ3v) is 8.17. The van der Waals surface area contributed by atoms with Crippen LogP contribution in [-0.2, 0) is 17.9 Å². The molecule has 0 saturated heterocycles. The molecule has 0 radical (unpaired) electrons. The summed E-state index contributed by atoms with van der Waals surface area (Å²) in [5, 5.41) is 3.97. The van der Waals surface area contributed by atoms with E-state index in [0.29, 0.717) is 35.8 Å². The number of para-hydroxylation sites is 2. The average molecular weight is 479 g/mol. The number of benzene rings is 2. The van der Waals surface area contributed by atoms with Gasteiger partial charge in [-0.3, -0.25) is 9.59 Å². The molecule has 1 N–H and O–H groups in total. The quantitative estimate of drug-likeness (QED) is 0.570. The van der Waals surface area contributed by atoms with Crippen molar-refractivity contribution in [3.63, 3.8) is 0 Å². The first kappa shape index (κ1) is 22.9. The molecule has 7 heteroatoms. The Morgan fingerprint density at radius 1 is 1.15 bits per heavy atom. The van der Waals surface area contributed by atoms with Gasteiger partial charge in [0.15, 0.2) is 5.82 Å². The van der Waals surface area contributed by atoms with Crippen molar-refractivity contribution in [2.45, 2.75) is 64.7 Å². The van der Waals surface area contributed by atoms with Gasteiger partial charge in [0.05, 0.1) is 17.6 Å². The summed E-state index contributed by atoms with van der Waals surface area (Å²) in [7, 11) is 0. The Morgan fingerprint density at radius 2 is 1.88 bits per heavy atom. The molecule has 3 aromatic rings. The molecular weight excluding hydrogens is 448 g/mol. The lowest BCUT2D eigenvalue weighted by molar-refractivity contribution is -0.134. The Bertz CT molecular complexity index is 1240. The van der Waals surface area contributed by atoms with Gasteiger partial charge in [-0.25, -0.2) is 4.98 Å². The highest BCUT2D eigenvalue weighted by molar-refractivity contribution is 6.30. The van der Waals surface area contributed by atoms with E-state index >= 15 is 0 Å². The van der Waals surface area contributed by atoms with E-state index in [-0.39, 0.29) is 17.9 Å². The topological polar surface area (TPSA) is 67.2 Å². The van der Waals surface area contributed by atoms with Gasteiger partial charge >= 0.3 is 0 Å². The molecule has 2 amide bonds. The molecule has 1 aliphatic heterocycles. The van der Waals surface area contributed by atoms with Gasteiger partial charge in [0.25, 0.3) is 5.91 Å². The lowest BCUT2D eigenvalue weighted by Crippen LogP contribution is -2.65. The minimum atomic E-state index is -1.06. The highest BCUT2D eigenvalue weighted by atomic mass is 35.5. The number of nitrogens with one attached hydrogen (secondary N) is 1. The van der Waals surface area contributed by atoms with Gasteiger partial charge in [-0.15, -0.1) is 0 Å². The molecule has 5 rings (SSSR count). The Kier molecular flexibility index (Phi) is 5.88. The first-order valence-corrected chi connectivity index (χ1v) is 12.5. The fourth-order valence-electron chi connectivity index (χ4n) is 5.46. The first-order valence-electron chi connectivity index (χ1n) is 12.1. The smallest absolute Gasteiger partial charge is 0.291 e. The van der Waals surface area contributed by atoms with Crippen LogP contribution in [0.2, 0.25) is 5.02 Å². The fraction of sp³-hybridized carbons (Fsp3) is 0.444. The van der Waals surface area contributed by atoms with E-state index in [9.17, 15) is 9.59 Å². The van der Waals surface area contributed by atoms with E-state index < -0.39 is 5.54 Å². The summed E-state index contributed by atoms with van der Waals surface area (Å²) in [6.45, 7) is 7.01. The molecule has 1 saturated carbocycles. The summed E-state index contributed by atoms with van der Waals surface area (Å²) in [5.74, 6) is 0.994. The molecule has 34 heavy (non-hydrogen) atoms. The molecule has 2 aliphatic rings. The largest absolute Gasteiger partial charge is 0.351 e. The van der Waals surface area contributed by atoms with Crippen LogP contribution in [0.15, 0.2) is 48.5 Å². The normalized spacial score (nSPS) is 27.0. The van der Waals surface area contributed by atoms with Crippen LogP contribution in [0.4, 0.5) is 0 Å². The molecular formula is C27H31ClN4O2. The minimum absolute atomic E-state index is 0.107. The number of aromatic nitrogens is 2. The van der Waals surface area contributed by atoms with Crippen LogP contribution < -0.4 is 5.32 Å². The molecule has 0 spiro atoms. The average Bonchev–Trinajstić information content (AvgIpc) is 3.19. The van der Waals surface area contributed by atoms with Gasteiger partial charge in [-0.05, 0) is 55.0 Å². The van der Waals surface area contributed by atoms with Gasteiger partial charge in [0, 0.05) is 17.6 Å². The number of imidazole rings is 1. The highest BCUT2D eigenvalue weighted by Crippen LogP contribution is 2.34. The van der Waals surface area contributed by atoms with E-state index in [0.717, 1.165) is 29.4 Å². The van der Waals surface area contributed by atoms with E-state index in [2.05, 4.69) is 24.1 Å². The Morgan fingerprint density at radius 3 is 2.65 bits per heavy atom. The molecule has 4 unspecified atom stereocenters. The predicted molar refractivity (Wildman–Crippen MR) is 134 cm³/mol. The number of carbonyl (C=O) groups excluding carboxylic acids is 2. The summed E-state index contributed by atoms with van der Waals surface area (Å²) in [6, 6.07) is 15.2. The van der Waals surface area contributed by atoms with Gasteiger partial charge in [-0.2, -0.15) is 0 Å². The number of hydrogen-bond donors (Lipinski definition) is 1. The zero-order valence-electron chi connectivity index (χ0n) is 19.9. The molecule has 2 heterocycles. The lowest BCUT2D eigenvalue weighted by Gasteiger charge is -2.45. The molecule has 178 valence electrons. The maximum atomic E-state index is 13.9. The third-order valence-electron chi connectivity index (χ3n) is 7.92. The summed E-state index contributed by atoms with van der Waals surface area (Å²) in [4.78, 5) is 34.1. The van der Waals surface area contributed by atoms with Crippen molar-refractivity contribution in [3.05, 3.63) is 64.9 Å². The van der Waals surface area contributed by atoms with E-state index in [1.807, 2.05) is 60.0 Å². The maximum Gasteiger partial charge on any atom is 0.291 e. The Balaban J connectivity index is 1.54. The van der Waals surface area contributed by atoms with Gasteiger partial charge in [-0.1, -0.05) is 62.6 Å². The molecule has 6 nitrogen and oxygen atoms in total. The van der Waals surface area contributed by atoms with Crippen molar-refractivity contribution >= 4 is 34.4 Å². The number of halogens is 1. The number of carbonyl (C=O) groups is 2. The lowest BCUT2D eigenvalue weighted by atomic mass is 9.77. The first-order chi connectivity index (χ1) is 16.3. The third kappa shape index (κ3) is 3.88. The molecule has 1 fully saturated rings. The van der Waals surface area contributed by atoms with E-state index in [4.69, 9.17) is 11.6 Å². The highest BCUT2D eigenvalue weighted by Gasteiger charge is 2.49. The second-order valence-corrected chi connectivity index (χ2v) is 10.6. The summed E-state index contributed by atoms with van der Waals surface area (Å²) >= 11 is 6.08. The summed E-state index contributed by atoms with van der Waals surface area (Å²) in [6.07, 6.45) is 3.27. The van der Waals surface area contributed by atoms with Crippen LogP contribution in [0.1, 0.15) is 56.2 Å². The molecule has 4 atom stereocenters. The maximum absolute atomic E-state index is 13.9. The van der Waals surface area contributed by atoms with Crippen LogP contribution >= 0.6 is 11.6 Å². The zero-order valence-corrected chi connectivity index (χ0v) is 20.7. The van der Waals surface area contributed by atoms with Crippen LogP contribution in [0.5, 0.6) is 0 Å². The van der Waals surface area contributed by atoms with E-state index in [1.165, 1.54) is 6.42 Å². The molecule has 1 aromatic heterocycles. The van der Waals surface area contributed by atoms with Crippen LogP contribution in [-0.4, -0.2) is 37.8 Å². The number of nitrogens with zero attached hydrogens (tertiary/aromatic N) is 3. The second kappa shape index (κ2) is 8.73. The Hall–Kier alpha value is -2.86. The van der Waals surface area contributed by atoms with Crippen LogP contribution in [0.3, 0.4) is 0 Å².